The van der Waals surface area contributed by atoms with E-state index in [0.717, 1.165) is 23.1 Å². The molecule has 1 fully saturated rings. The Labute approximate surface area is 153 Å². The number of likely N-dealkylation sites (tertiary alicyclic amines) is 1. The molecule has 1 unspecified atom stereocenters. The molecule has 2 heterocycles. The zero-order chi connectivity index (χ0) is 17.8. The van der Waals surface area contributed by atoms with Gasteiger partial charge in [0.15, 0.2) is 0 Å². The minimum absolute atomic E-state index is 0.0657. The van der Waals surface area contributed by atoms with E-state index in [0.29, 0.717) is 6.54 Å². The largest absolute Gasteiger partial charge is 0.327 e. The number of pyridine rings is 1. The Kier molecular flexibility index (Phi) is 4.61. The summed E-state index contributed by atoms with van der Waals surface area (Å²) < 4.78 is 0. The maximum absolute atomic E-state index is 13.1. The highest BCUT2D eigenvalue weighted by molar-refractivity contribution is 5.95. The summed E-state index contributed by atoms with van der Waals surface area (Å²) in [6, 6.07) is 23.7. The number of hydrogen-bond donors (Lipinski definition) is 0. The Hall–Kier alpha value is -3.20. The lowest BCUT2D eigenvalue weighted by molar-refractivity contribution is 0.0746. The Balaban J connectivity index is 1.73. The monoisotopic (exact) mass is 340 g/mol. The van der Waals surface area contributed by atoms with Crippen molar-refractivity contribution in [3.63, 3.8) is 0 Å². The van der Waals surface area contributed by atoms with Gasteiger partial charge in [0.25, 0.3) is 5.91 Å². The van der Waals surface area contributed by atoms with Gasteiger partial charge in [-0.05, 0) is 41.3 Å². The molecule has 128 valence electrons. The predicted octanol–water partition coefficient (Wildman–Crippen LogP) is 4.75. The van der Waals surface area contributed by atoms with E-state index in [-0.39, 0.29) is 11.9 Å². The average Bonchev–Trinajstić information content (AvgIpc) is 3.13. The zero-order valence-electron chi connectivity index (χ0n) is 14.5. The smallest absolute Gasteiger partial charge is 0.254 e. The standard InChI is InChI=1S/C23H20N2O/c26-23(19-10-5-2-6-11-19)25-15-13-20(16-18-8-3-1-4-9-18)22(25)21-12-7-14-24-17-21/h1-12,14,16-17,22H,13,15H2/b20-16+. The summed E-state index contributed by atoms with van der Waals surface area (Å²) in [6.45, 7) is 0.714. The Morgan fingerprint density at radius 2 is 1.69 bits per heavy atom. The van der Waals surface area contributed by atoms with Crippen LogP contribution in [0, 0.1) is 0 Å². The van der Waals surface area contributed by atoms with E-state index in [1.54, 1.807) is 6.20 Å². The third-order valence-corrected chi connectivity index (χ3v) is 4.74. The first-order valence-electron chi connectivity index (χ1n) is 8.84. The van der Waals surface area contributed by atoms with E-state index in [9.17, 15) is 4.79 Å². The van der Waals surface area contributed by atoms with E-state index in [2.05, 4.69) is 23.2 Å². The molecule has 0 N–H and O–H groups in total. The summed E-state index contributed by atoms with van der Waals surface area (Å²) in [5.74, 6) is 0.0657. The normalized spacial score (nSPS) is 18.2. The molecule has 0 spiro atoms. The molecular weight excluding hydrogens is 320 g/mol. The van der Waals surface area contributed by atoms with Gasteiger partial charge in [-0.25, -0.2) is 0 Å². The van der Waals surface area contributed by atoms with Gasteiger partial charge in [-0.3, -0.25) is 9.78 Å². The second-order valence-electron chi connectivity index (χ2n) is 6.43. The van der Waals surface area contributed by atoms with E-state index in [4.69, 9.17) is 0 Å². The molecular formula is C23H20N2O. The van der Waals surface area contributed by atoms with Crippen LogP contribution in [0.4, 0.5) is 0 Å². The lowest BCUT2D eigenvalue weighted by Crippen LogP contribution is -2.30. The van der Waals surface area contributed by atoms with Crippen molar-refractivity contribution in [3.05, 3.63) is 107 Å². The fraction of sp³-hybridized carbons (Fsp3) is 0.130. The second-order valence-corrected chi connectivity index (χ2v) is 6.43. The molecule has 4 rings (SSSR count). The molecule has 0 aliphatic carbocycles. The number of carbonyl (C=O) groups is 1. The summed E-state index contributed by atoms with van der Waals surface area (Å²) in [6.07, 6.45) is 6.70. The lowest BCUT2D eigenvalue weighted by atomic mass is 9.98. The maximum Gasteiger partial charge on any atom is 0.254 e. The minimum Gasteiger partial charge on any atom is -0.327 e. The molecule has 3 nitrogen and oxygen atoms in total. The number of hydrogen-bond acceptors (Lipinski definition) is 2. The van der Waals surface area contributed by atoms with Crippen molar-refractivity contribution in [2.75, 3.05) is 6.54 Å². The van der Waals surface area contributed by atoms with Crippen LogP contribution >= 0.6 is 0 Å². The summed E-state index contributed by atoms with van der Waals surface area (Å²) >= 11 is 0. The van der Waals surface area contributed by atoms with Crippen LogP contribution in [0.3, 0.4) is 0 Å². The van der Waals surface area contributed by atoms with Crippen LogP contribution in [0.15, 0.2) is 90.8 Å². The van der Waals surface area contributed by atoms with Crippen LogP contribution in [-0.2, 0) is 0 Å². The van der Waals surface area contributed by atoms with E-state index < -0.39 is 0 Å². The fourth-order valence-corrected chi connectivity index (χ4v) is 3.53. The molecule has 0 bridgehead atoms. The molecule has 1 atom stereocenters. The third kappa shape index (κ3) is 3.29. The van der Waals surface area contributed by atoms with E-state index in [1.807, 2.05) is 71.8 Å². The average molecular weight is 340 g/mol. The van der Waals surface area contributed by atoms with Crippen LogP contribution in [0.2, 0.25) is 0 Å². The number of amides is 1. The molecule has 2 aromatic carbocycles. The molecule has 1 amide bonds. The van der Waals surface area contributed by atoms with Crippen molar-refractivity contribution >= 4 is 12.0 Å². The van der Waals surface area contributed by atoms with Gasteiger partial charge in [-0.15, -0.1) is 0 Å². The van der Waals surface area contributed by atoms with Gasteiger partial charge in [0.2, 0.25) is 0 Å². The lowest BCUT2D eigenvalue weighted by Gasteiger charge is -2.26. The molecule has 1 saturated heterocycles. The first-order chi connectivity index (χ1) is 12.8. The van der Waals surface area contributed by atoms with Crippen molar-refractivity contribution < 1.29 is 4.79 Å². The van der Waals surface area contributed by atoms with Gasteiger partial charge >= 0.3 is 0 Å². The molecule has 0 radical (unpaired) electrons. The van der Waals surface area contributed by atoms with Gasteiger partial charge in [0.05, 0.1) is 6.04 Å². The first-order valence-corrected chi connectivity index (χ1v) is 8.84. The molecule has 1 aliphatic heterocycles. The number of aromatic nitrogens is 1. The zero-order valence-corrected chi connectivity index (χ0v) is 14.5. The predicted molar refractivity (Wildman–Crippen MR) is 103 cm³/mol. The number of benzene rings is 2. The second kappa shape index (κ2) is 7.36. The Morgan fingerprint density at radius 3 is 2.38 bits per heavy atom. The van der Waals surface area contributed by atoms with Crippen molar-refractivity contribution in [1.82, 2.24) is 9.88 Å². The fourth-order valence-electron chi connectivity index (χ4n) is 3.53. The summed E-state index contributed by atoms with van der Waals surface area (Å²) in [4.78, 5) is 19.3. The molecule has 0 saturated carbocycles. The number of rotatable bonds is 3. The van der Waals surface area contributed by atoms with E-state index >= 15 is 0 Å². The van der Waals surface area contributed by atoms with Crippen LogP contribution in [0.25, 0.3) is 6.08 Å². The highest BCUT2D eigenvalue weighted by atomic mass is 16.2. The van der Waals surface area contributed by atoms with Gasteiger partial charge < -0.3 is 4.90 Å². The first kappa shape index (κ1) is 16.3. The Bertz CT molecular complexity index is 905. The van der Waals surface area contributed by atoms with Crippen LogP contribution in [0.1, 0.15) is 33.9 Å². The van der Waals surface area contributed by atoms with Gasteiger partial charge in [-0.2, -0.15) is 0 Å². The molecule has 3 aromatic rings. The van der Waals surface area contributed by atoms with Crippen LogP contribution in [0.5, 0.6) is 0 Å². The summed E-state index contributed by atoms with van der Waals surface area (Å²) in [7, 11) is 0. The minimum atomic E-state index is -0.0726. The van der Waals surface area contributed by atoms with Gasteiger partial charge in [0, 0.05) is 24.5 Å². The number of carbonyl (C=O) groups excluding carboxylic acids is 1. The molecule has 1 aromatic heterocycles. The maximum atomic E-state index is 13.1. The summed E-state index contributed by atoms with van der Waals surface area (Å²) in [5.41, 5.74) is 4.18. The van der Waals surface area contributed by atoms with Crippen molar-refractivity contribution in [2.45, 2.75) is 12.5 Å². The Morgan fingerprint density at radius 1 is 0.962 bits per heavy atom. The van der Waals surface area contributed by atoms with Crippen LogP contribution in [-0.4, -0.2) is 22.3 Å². The third-order valence-electron chi connectivity index (χ3n) is 4.74. The van der Waals surface area contributed by atoms with Crippen molar-refractivity contribution in [3.8, 4) is 0 Å². The molecule has 1 aliphatic rings. The number of nitrogens with zero attached hydrogens (tertiary/aromatic N) is 2. The SMILES string of the molecule is O=C(c1ccccc1)N1CC/C(=C\c2ccccc2)C1c1cccnc1. The van der Waals surface area contributed by atoms with Gasteiger partial charge in [-0.1, -0.05) is 60.7 Å². The quantitative estimate of drug-likeness (QED) is 0.689. The van der Waals surface area contributed by atoms with E-state index in [1.165, 1.54) is 5.57 Å². The highest BCUT2D eigenvalue weighted by Gasteiger charge is 2.34. The topological polar surface area (TPSA) is 33.2 Å². The summed E-state index contributed by atoms with van der Waals surface area (Å²) in [5, 5.41) is 0. The molecule has 26 heavy (non-hydrogen) atoms. The van der Waals surface area contributed by atoms with Gasteiger partial charge in [0.1, 0.15) is 0 Å². The van der Waals surface area contributed by atoms with Crippen molar-refractivity contribution in [2.24, 2.45) is 0 Å². The van der Waals surface area contributed by atoms with Crippen LogP contribution < -0.4 is 0 Å². The molecule has 3 heteroatoms. The highest BCUT2D eigenvalue weighted by Crippen LogP contribution is 2.38. The van der Waals surface area contributed by atoms with Crippen molar-refractivity contribution in [1.29, 1.82) is 0 Å².